The first-order chi connectivity index (χ1) is 9.45. The Morgan fingerprint density at radius 2 is 2.10 bits per heavy atom. The molecular weight excluding hydrogens is 252 g/mol. The van der Waals surface area contributed by atoms with Crippen LogP contribution in [0.3, 0.4) is 0 Å². The summed E-state index contributed by atoms with van der Waals surface area (Å²) in [6.45, 7) is 8.65. The van der Waals surface area contributed by atoms with Gasteiger partial charge < -0.3 is 10.1 Å². The molecule has 1 N–H and O–H groups in total. The Morgan fingerprint density at radius 1 is 1.40 bits per heavy atom. The van der Waals surface area contributed by atoms with E-state index in [1.54, 1.807) is 7.11 Å². The molecule has 1 aromatic heterocycles. The Labute approximate surface area is 122 Å². The van der Waals surface area contributed by atoms with Gasteiger partial charge in [0.25, 0.3) is 0 Å². The molecule has 114 valence electrons. The Bertz CT molecular complexity index is 455. The van der Waals surface area contributed by atoms with Crippen LogP contribution in [0.15, 0.2) is 0 Å². The van der Waals surface area contributed by atoms with Gasteiger partial charge in [0.2, 0.25) is 5.88 Å². The van der Waals surface area contributed by atoms with Crippen LogP contribution in [-0.4, -0.2) is 48.0 Å². The quantitative estimate of drug-likeness (QED) is 0.892. The van der Waals surface area contributed by atoms with Crippen LogP contribution in [0.2, 0.25) is 0 Å². The van der Waals surface area contributed by atoms with Gasteiger partial charge in [-0.2, -0.15) is 5.10 Å². The van der Waals surface area contributed by atoms with E-state index in [9.17, 15) is 0 Å². The topological polar surface area (TPSA) is 42.3 Å². The molecule has 0 spiro atoms. The first kappa shape index (κ1) is 15.3. The van der Waals surface area contributed by atoms with Gasteiger partial charge in [0.05, 0.1) is 18.4 Å². The van der Waals surface area contributed by atoms with E-state index < -0.39 is 0 Å². The fourth-order valence-corrected chi connectivity index (χ4v) is 3.32. The molecule has 1 aromatic rings. The molecule has 0 bridgehead atoms. The summed E-state index contributed by atoms with van der Waals surface area (Å²) in [5, 5.41) is 8.11. The van der Waals surface area contributed by atoms with Crippen molar-refractivity contribution in [3.05, 3.63) is 11.3 Å². The number of rotatable bonds is 5. The van der Waals surface area contributed by atoms with E-state index in [-0.39, 0.29) is 0 Å². The van der Waals surface area contributed by atoms with Gasteiger partial charge in [-0.1, -0.05) is 13.8 Å². The number of aromatic nitrogens is 2. The lowest BCUT2D eigenvalue weighted by Crippen LogP contribution is -2.32. The van der Waals surface area contributed by atoms with Crippen LogP contribution in [0.4, 0.5) is 0 Å². The van der Waals surface area contributed by atoms with Gasteiger partial charge in [-0.3, -0.25) is 4.90 Å². The Morgan fingerprint density at radius 3 is 2.70 bits per heavy atom. The predicted octanol–water partition coefficient (Wildman–Crippen LogP) is 1.73. The molecule has 2 atom stereocenters. The van der Waals surface area contributed by atoms with Crippen molar-refractivity contribution in [3.8, 4) is 5.88 Å². The highest BCUT2D eigenvalue weighted by Crippen LogP contribution is 2.41. The fraction of sp³-hybridized carbons (Fsp3) is 0.800. The molecule has 2 unspecified atom stereocenters. The summed E-state index contributed by atoms with van der Waals surface area (Å²) in [4.78, 5) is 2.43. The molecule has 2 rings (SSSR count). The second-order valence-corrected chi connectivity index (χ2v) is 6.17. The van der Waals surface area contributed by atoms with Crippen LogP contribution < -0.4 is 10.1 Å². The van der Waals surface area contributed by atoms with E-state index in [0.29, 0.717) is 18.0 Å². The van der Waals surface area contributed by atoms with Crippen LogP contribution in [0.5, 0.6) is 5.88 Å². The number of likely N-dealkylation sites (tertiary alicyclic amines) is 1. The third-order valence-electron chi connectivity index (χ3n) is 4.27. The average molecular weight is 280 g/mol. The number of ether oxygens (including phenoxy) is 1. The molecule has 0 aromatic carbocycles. The highest BCUT2D eigenvalue weighted by atomic mass is 16.5. The minimum atomic E-state index is 0.393. The van der Waals surface area contributed by atoms with Crippen molar-refractivity contribution in [1.29, 1.82) is 0 Å². The molecular formula is C15H28N4O. The summed E-state index contributed by atoms with van der Waals surface area (Å²) in [6.07, 6.45) is 1.22. The molecule has 20 heavy (non-hydrogen) atoms. The van der Waals surface area contributed by atoms with Crippen LogP contribution >= 0.6 is 0 Å². The van der Waals surface area contributed by atoms with Crippen molar-refractivity contribution >= 4 is 0 Å². The smallest absolute Gasteiger partial charge is 0.216 e. The van der Waals surface area contributed by atoms with E-state index in [4.69, 9.17) is 4.74 Å². The second kappa shape index (κ2) is 6.14. The maximum Gasteiger partial charge on any atom is 0.216 e. The molecule has 0 amide bonds. The third kappa shape index (κ3) is 2.83. The normalized spacial score (nSPS) is 23.8. The highest BCUT2D eigenvalue weighted by Gasteiger charge is 2.37. The van der Waals surface area contributed by atoms with Crippen LogP contribution in [0.1, 0.15) is 37.6 Å². The zero-order valence-electron chi connectivity index (χ0n) is 13.6. The molecule has 5 heteroatoms. The molecule has 1 fully saturated rings. The fourth-order valence-electron chi connectivity index (χ4n) is 3.32. The number of hydrogen-bond donors (Lipinski definition) is 1. The molecule has 1 aliphatic heterocycles. The Kier molecular flexibility index (Phi) is 4.70. The number of nitrogens with zero attached hydrogens (tertiary/aromatic N) is 3. The van der Waals surface area contributed by atoms with Crippen molar-refractivity contribution in [2.45, 2.75) is 39.3 Å². The van der Waals surface area contributed by atoms with E-state index in [0.717, 1.165) is 24.7 Å². The summed E-state index contributed by atoms with van der Waals surface area (Å²) >= 11 is 0. The molecule has 2 heterocycles. The lowest BCUT2D eigenvalue weighted by atomic mass is 9.93. The largest absolute Gasteiger partial charge is 0.481 e. The predicted molar refractivity (Wildman–Crippen MR) is 81.1 cm³/mol. The van der Waals surface area contributed by atoms with Gasteiger partial charge in [0.15, 0.2) is 0 Å². The first-order valence-corrected chi connectivity index (χ1v) is 7.46. The van der Waals surface area contributed by atoms with Crippen LogP contribution in [0, 0.1) is 12.8 Å². The van der Waals surface area contributed by atoms with Crippen molar-refractivity contribution in [2.24, 2.45) is 13.0 Å². The van der Waals surface area contributed by atoms with Crippen molar-refractivity contribution in [1.82, 2.24) is 20.0 Å². The third-order valence-corrected chi connectivity index (χ3v) is 4.27. The zero-order valence-corrected chi connectivity index (χ0v) is 13.6. The molecule has 0 aliphatic carbocycles. The molecule has 0 radical (unpaired) electrons. The van der Waals surface area contributed by atoms with E-state index in [1.807, 2.05) is 11.7 Å². The lowest BCUT2D eigenvalue weighted by molar-refractivity contribution is 0.258. The monoisotopic (exact) mass is 280 g/mol. The van der Waals surface area contributed by atoms with Crippen molar-refractivity contribution in [3.63, 3.8) is 0 Å². The summed E-state index contributed by atoms with van der Waals surface area (Å²) in [7, 11) is 5.88. The Hall–Kier alpha value is -1.07. The second-order valence-electron chi connectivity index (χ2n) is 6.17. The van der Waals surface area contributed by atoms with E-state index >= 15 is 0 Å². The van der Waals surface area contributed by atoms with Gasteiger partial charge in [0.1, 0.15) is 0 Å². The molecule has 0 saturated carbocycles. The molecule has 5 nitrogen and oxygen atoms in total. The minimum Gasteiger partial charge on any atom is -0.481 e. The van der Waals surface area contributed by atoms with E-state index in [1.165, 1.54) is 12.0 Å². The van der Waals surface area contributed by atoms with Gasteiger partial charge in [0, 0.05) is 25.7 Å². The lowest BCUT2D eigenvalue weighted by Gasteiger charge is -2.26. The van der Waals surface area contributed by atoms with Gasteiger partial charge in [-0.15, -0.1) is 0 Å². The molecule has 1 saturated heterocycles. The van der Waals surface area contributed by atoms with Gasteiger partial charge in [-0.05, 0) is 32.9 Å². The van der Waals surface area contributed by atoms with E-state index in [2.05, 4.69) is 43.1 Å². The SMILES string of the molecule is COc1c(C2C(CNC(C)C)CCN2C)c(C)nn1C. The summed E-state index contributed by atoms with van der Waals surface area (Å²) in [6, 6.07) is 0.920. The summed E-state index contributed by atoms with van der Waals surface area (Å²) in [5.41, 5.74) is 2.34. The van der Waals surface area contributed by atoms with Crippen LogP contribution in [0.25, 0.3) is 0 Å². The van der Waals surface area contributed by atoms with Crippen LogP contribution in [-0.2, 0) is 7.05 Å². The molecule has 1 aliphatic rings. The maximum atomic E-state index is 5.59. The number of hydrogen-bond acceptors (Lipinski definition) is 4. The zero-order chi connectivity index (χ0) is 14.9. The first-order valence-electron chi connectivity index (χ1n) is 7.46. The average Bonchev–Trinajstić information content (AvgIpc) is 2.86. The Balaban J connectivity index is 2.28. The van der Waals surface area contributed by atoms with Gasteiger partial charge in [-0.25, -0.2) is 4.68 Å². The standard InChI is InChI=1S/C15H28N4O/c1-10(2)16-9-12-7-8-18(4)14(12)13-11(3)17-19(5)15(13)20-6/h10,12,14,16H,7-9H2,1-6H3. The number of methoxy groups -OCH3 is 1. The maximum absolute atomic E-state index is 5.59. The summed E-state index contributed by atoms with van der Waals surface area (Å²) < 4.78 is 7.44. The van der Waals surface area contributed by atoms with Gasteiger partial charge >= 0.3 is 0 Å². The highest BCUT2D eigenvalue weighted by molar-refractivity contribution is 5.35. The van der Waals surface area contributed by atoms with Crippen molar-refractivity contribution in [2.75, 3.05) is 27.2 Å². The minimum absolute atomic E-state index is 0.393. The number of nitrogens with one attached hydrogen (secondary N) is 1. The summed E-state index contributed by atoms with van der Waals surface area (Å²) in [5.74, 6) is 1.51. The van der Waals surface area contributed by atoms with Crippen molar-refractivity contribution < 1.29 is 4.74 Å². The number of aryl methyl sites for hydroxylation is 2.